The molecule has 1 N–H and O–H groups in total. The van der Waals surface area contributed by atoms with Crippen molar-refractivity contribution >= 4 is 31.7 Å². The molecule has 1 aliphatic rings. The van der Waals surface area contributed by atoms with Gasteiger partial charge >= 0.3 is 0 Å². The molecule has 2 aromatic rings. The number of nitrogens with zero attached hydrogens (tertiary/aromatic N) is 2. The fraction of sp³-hybridized carbons (Fsp3) is 0.400. The molecule has 5 nitrogen and oxygen atoms in total. The number of aromatic nitrogens is 1. The molecule has 1 aromatic carbocycles. The predicted molar refractivity (Wildman–Crippen MR) is 111 cm³/mol. The molecule has 144 valence electrons. The number of rotatable bonds is 5. The van der Waals surface area contributed by atoms with Crippen molar-refractivity contribution in [2.24, 2.45) is 11.0 Å². The number of aryl methyl sites for hydroxylation is 1. The Kier molecular flexibility index (Phi) is 6.65. The number of benzene rings is 1. The van der Waals surface area contributed by atoms with Crippen molar-refractivity contribution in [2.75, 3.05) is 0 Å². The number of hydrogen-bond donors (Lipinski definition) is 1. The minimum absolute atomic E-state index is 0.204. The topological polar surface area (TPSA) is 71.4 Å². The summed E-state index contributed by atoms with van der Waals surface area (Å²) in [6.07, 6.45) is 6.68. The lowest BCUT2D eigenvalue weighted by Crippen LogP contribution is -2.25. The summed E-state index contributed by atoms with van der Waals surface area (Å²) in [6.45, 7) is 1.92. The molecule has 1 aromatic heterocycles. The number of hydrogen-bond acceptors (Lipinski definition) is 4. The van der Waals surface area contributed by atoms with Crippen LogP contribution in [0, 0.1) is 12.8 Å². The Hall–Kier alpha value is -1.73. The smallest absolute Gasteiger partial charge is 0.240 e. The van der Waals surface area contributed by atoms with Crippen molar-refractivity contribution in [3.63, 3.8) is 0 Å². The quantitative estimate of drug-likeness (QED) is 0.308. The van der Waals surface area contributed by atoms with Gasteiger partial charge in [-0.2, -0.15) is 18.4 Å². The lowest BCUT2D eigenvalue weighted by atomic mass is 9.92. The number of sulfonamides is 1. The third-order valence-corrected chi connectivity index (χ3v) is 6.50. The van der Waals surface area contributed by atoms with Crippen LogP contribution in [0.3, 0.4) is 0 Å². The third kappa shape index (κ3) is 5.39. The molecular formula is C20H24BrN3O2S. The van der Waals surface area contributed by atoms with Gasteiger partial charge in [-0.25, -0.2) is 4.98 Å². The second-order valence-corrected chi connectivity index (χ2v) is 9.41. The number of hydrazone groups is 1. The summed E-state index contributed by atoms with van der Waals surface area (Å²) in [6, 6.07) is 12.4. The lowest BCUT2D eigenvalue weighted by Gasteiger charge is -2.17. The van der Waals surface area contributed by atoms with Crippen LogP contribution in [0.4, 0.5) is 0 Å². The molecular weight excluding hydrogens is 426 g/mol. The van der Waals surface area contributed by atoms with Gasteiger partial charge in [0.2, 0.25) is 0 Å². The average molecular weight is 450 g/mol. The van der Waals surface area contributed by atoms with E-state index in [1.165, 1.54) is 12.8 Å². The minimum atomic E-state index is -3.72. The first-order chi connectivity index (χ1) is 13.0. The Morgan fingerprint density at radius 3 is 2.37 bits per heavy atom. The van der Waals surface area contributed by atoms with E-state index in [2.05, 4.69) is 30.8 Å². The molecule has 7 heteroatoms. The molecule has 27 heavy (non-hydrogen) atoms. The van der Waals surface area contributed by atoms with E-state index in [1.54, 1.807) is 24.3 Å². The van der Waals surface area contributed by atoms with Gasteiger partial charge in [0.25, 0.3) is 10.0 Å². The normalized spacial score (nSPS) is 16.7. The number of pyridine rings is 1. The van der Waals surface area contributed by atoms with Crippen LogP contribution in [-0.4, -0.2) is 19.1 Å². The summed E-state index contributed by atoms with van der Waals surface area (Å²) >= 11 is 3.40. The van der Waals surface area contributed by atoms with Crippen LogP contribution in [0.25, 0.3) is 0 Å². The van der Waals surface area contributed by atoms with Gasteiger partial charge in [0.05, 0.1) is 16.3 Å². The number of nitrogens with one attached hydrogen (secondary N) is 1. The second kappa shape index (κ2) is 8.97. The van der Waals surface area contributed by atoms with Gasteiger partial charge in [0, 0.05) is 5.92 Å². The van der Waals surface area contributed by atoms with Crippen LogP contribution in [0.1, 0.15) is 49.8 Å². The van der Waals surface area contributed by atoms with E-state index >= 15 is 0 Å². The molecule has 0 saturated heterocycles. The van der Waals surface area contributed by atoms with E-state index in [0.717, 1.165) is 31.2 Å². The van der Waals surface area contributed by atoms with Gasteiger partial charge in [-0.05, 0) is 60.0 Å². The van der Waals surface area contributed by atoms with Crippen LogP contribution in [0.5, 0.6) is 0 Å². The summed E-state index contributed by atoms with van der Waals surface area (Å²) in [7, 11) is -3.72. The molecule has 3 rings (SSSR count). The SMILES string of the molecule is Cc1ccc(S(=O)(=O)NN=C(c2cccc(Br)n2)C2CCCCCC2)cc1. The Morgan fingerprint density at radius 1 is 1.07 bits per heavy atom. The van der Waals surface area contributed by atoms with Crippen LogP contribution in [0.15, 0.2) is 57.1 Å². The van der Waals surface area contributed by atoms with Gasteiger partial charge in [-0.3, -0.25) is 0 Å². The van der Waals surface area contributed by atoms with E-state index < -0.39 is 10.0 Å². The maximum absolute atomic E-state index is 12.6. The Bertz CT molecular complexity index is 903. The van der Waals surface area contributed by atoms with Crippen LogP contribution < -0.4 is 4.83 Å². The van der Waals surface area contributed by atoms with Crippen molar-refractivity contribution in [1.82, 2.24) is 9.82 Å². The van der Waals surface area contributed by atoms with Gasteiger partial charge in [0.1, 0.15) is 4.60 Å². The zero-order valence-corrected chi connectivity index (χ0v) is 17.8. The summed E-state index contributed by atoms with van der Waals surface area (Å²) in [5, 5.41) is 4.37. The van der Waals surface area contributed by atoms with Crippen molar-refractivity contribution in [3.8, 4) is 0 Å². The molecule has 1 saturated carbocycles. The first kappa shape index (κ1) is 20.0. The highest BCUT2D eigenvalue weighted by Gasteiger charge is 2.22. The van der Waals surface area contributed by atoms with Gasteiger partial charge in [-0.15, -0.1) is 0 Å². The fourth-order valence-corrected chi connectivity index (χ4v) is 4.50. The molecule has 0 radical (unpaired) electrons. The first-order valence-electron chi connectivity index (χ1n) is 9.25. The van der Waals surface area contributed by atoms with Crippen molar-refractivity contribution in [3.05, 3.63) is 58.3 Å². The zero-order valence-electron chi connectivity index (χ0n) is 15.4. The van der Waals surface area contributed by atoms with Crippen molar-refractivity contribution in [1.29, 1.82) is 0 Å². The Balaban J connectivity index is 1.92. The molecule has 1 fully saturated rings. The van der Waals surface area contributed by atoms with Gasteiger partial charge in [0.15, 0.2) is 0 Å². The molecule has 0 unspecified atom stereocenters. The fourth-order valence-electron chi connectivity index (χ4n) is 3.34. The lowest BCUT2D eigenvalue weighted by molar-refractivity contribution is 0.575. The van der Waals surface area contributed by atoms with E-state index in [-0.39, 0.29) is 10.8 Å². The van der Waals surface area contributed by atoms with Gasteiger partial charge < -0.3 is 0 Å². The molecule has 0 bridgehead atoms. The number of halogens is 1. The zero-order chi connectivity index (χ0) is 19.3. The molecule has 0 aliphatic heterocycles. The molecule has 0 spiro atoms. The third-order valence-electron chi connectivity index (χ3n) is 4.84. The van der Waals surface area contributed by atoms with E-state index in [9.17, 15) is 8.42 Å². The molecule has 1 aliphatic carbocycles. The maximum atomic E-state index is 12.6. The standard InChI is InChI=1S/C20H24BrN3O2S/c1-15-11-13-17(14-12-15)27(25,26)24-23-20(16-7-4-2-3-5-8-16)18-9-6-10-19(21)22-18/h6,9-14,16,24H,2-5,7-8H2,1H3. The molecule has 0 atom stereocenters. The second-order valence-electron chi connectivity index (χ2n) is 6.94. The van der Waals surface area contributed by atoms with Crippen LogP contribution in [0.2, 0.25) is 0 Å². The predicted octanol–water partition coefficient (Wildman–Crippen LogP) is 4.81. The maximum Gasteiger partial charge on any atom is 0.276 e. The average Bonchev–Trinajstić information content (AvgIpc) is 2.92. The highest BCUT2D eigenvalue weighted by atomic mass is 79.9. The minimum Gasteiger partial charge on any atom is -0.240 e. The highest BCUT2D eigenvalue weighted by Crippen LogP contribution is 2.26. The van der Waals surface area contributed by atoms with Gasteiger partial charge in [-0.1, -0.05) is 49.4 Å². The summed E-state index contributed by atoms with van der Waals surface area (Å²) in [5.74, 6) is 0.204. The summed E-state index contributed by atoms with van der Waals surface area (Å²) in [4.78, 5) is 7.16. The molecule has 1 heterocycles. The summed E-state index contributed by atoms with van der Waals surface area (Å²) < 4.78 is 26.0. The van der Waals surface area contributed by atoms with Crippen LogP contribution >= 0.6 is 15.9 Å². The summed E-state index contributed by atoms with van der Waals surface area (Å²) in [5.41, 5.74) is 2.44. The van der Waals surface area contributed by atoms with E-state index in [0.29, 0.717) is 16.0 Å². The van der Waals surface area contributed by atoms with Crippen molar-refractivity contribution in [2.45, 2.75) is 50.3 Å². The van der Waals surface area contributed by atoms with E-state index in [4.69, 9.17) is 0 Å². The van der Waals surface area contributed by atoms with Crippen molar-refractivity contribution < 1.29 is 8.42 Å². The first-order valence-corrected chi connectivity index (χ1v) is 11.5. The van der Waals surface area contributed by atoms with Crippen LogP contribution in [-0.2, 0) is 10.0 Å². The highest BCUT2D eigenvalue weighted by molar-refractivity contribution is 9.10. The Morgan fingerprint density at radius 2 is 1.74 bits per heavy atom. The Labute approximate surface area is 169 Å². The van der Waals surface area contributed by atoms with E-state index in [1.807, 2.05) is 25.1 Å². The monoisotopic (exact) mass is 449 g/mol. The largest absolute Gasteiger partial charge is 0.276 e. The molecule has 0 amide bonds.